The number of rotatable bonds is 4. The maximum atomic E-state index is 12.9. The molecule has 0 aromatic rings. The Bertz CT molecular complexity index is 293. The molecule has 0 saturated carbocycles. The van der Waals surface area contributed by atoms with E-state index < -0.39 is 0 Å². The van der Waals surface area contributed by atoms with Gasteiger partial charge in [0.05, 0.1) is 0 Å². The van der Waals surface area contributed by atoms with Crippen LogP contribution in [0.25, 0.3) is 0 Å². The van der Waals surface area contributed by atoms with E-state index in [4.69, 9.17) is 0 Å². The lowest BCUT2D eigenvalue weighted by Crippen LogP contribution is -1.69. The van der Waals surface area contributed by atoms with Crippen LogP contribution in [-0.4, -0.2) is 0 Å². The van der Waals surface area contributed by atoms with E-state index in [1.54, 1.807) is 4.08 Å². The maximum Gasteiger partial charge on any atom is 0.123 e. The highest BCUT2D eigenvalue weighted by Crippen LogP contribution is 2.06. The third-order valence-corrected chi connectivity index (χ3v) is 1.72. The van der Waals surface area contributed by atoms with Crippen molar-refractivity contribution < 1.29 is 4.39 Å². The first-order valence-electron chi connectivity index (χ1n) is 4.31. The van der Waals surface area contributed by atoms with Gasteiger partial charge < -0.3 is 0 Å². The molecule has 0 atom stereocenters. The van der Waals surface area contributed by atoms with E-state index in [1.807, 2.05) is 66.8 Å². The molecule has 0 unspecified atom stereocenters. The van der Waals surface area contributed by atoms with Gasteiger partial charge in [-0.2, -0.15) is 0 Å². The number of halogens is 2. The summed E-state index contributed by atoms with van der Waals surface area (Å²) in [5.74, 6) is -0.229. The summed E-state index contributed by atoms with van der Waals surface area (Å²) in [5, 5.41) is 0. The van der Waals surface area contributed by atoms with Crippen molar-refractivity contribution in [3.8, 4) is 0 Å². The van der Waals surface area contributed by atoms with Crippen molar-refractivity contribution in [2.45, 2.75) is 13.8 Å². The zero-order chi connectivity index (χ0) is 10.8. The van der Waals surface area contributed by atoms with Crippen LogP contribution in [0.5, 0.6) is 0 Å². The van der Waals surface area contributed by atoms with Gasteiger partial charge in [-0.25, -0.2) is 4.39 Å². The second-order valence-corrected chi connectivity index (χ2v) is 3.36. The van der Waals surface area contributed by atoms with Crippen molar-refractivity contribution >= 4 is 22.6 Å². The van der Waals surface area contributed by atoms with E-state index in [0.29, 0.717) is 0 Å². The highest BCUT2D eigenvalue weighted by Gasteiger charge is 1.86. The zero-order valence-corrected chi connectivity index (χ0v) is 10.5. The lowest BCUT2D eigenvalue weighted by atomic mass is 10.2. The third-order valence-electron chi connectivity index (χ3n) is 1.36. The molecule has 0 aromatic heterocycles. The van der Waals surface area contributed by atoms with Gasteiger partial charge in [0.2, 0.25) is 0 Å². The zero-order valence-electron chi connectivity index (χ0n) is 8.37. The first kappa shape index (κ1) is 13.4. The van der Waals surface area contributed by atoms with E-state index in [9.17, 15) is 4.39 Å². The summed E-state index contributed by atoms with van der Waals surface area (Å²) >= 11 is 1.99. The first-order chi connectivity index (χ1) is 6.70. The molecule has 0 aliphatic carbocycles. The Labute approximate surface area is 98.7 Å². The van der Waals surface area contributed by atoms with Crippen LogP contribution in [0.15, 0.2) is 58.0 Å². The molecule has 0 N–H and O–H groups in total. The topological polar surface area (TPSA) is 0 Å². The molecule has 0 radical (unpaired) electrons. The second-order valence-electron chi connectivity index (χ2n) is 2.64. The van der Waals surface area contributed by atoms with Gasteiger partial charge in [-0.15, -0.1) is 0 Å². The van der Waals surface area contributed by atoms with E-state index in [1.165, 1.54) is 12.2 Å². The molecule has 0 aliphatic heterocycles. The van der Waals surface area contributed by atoms with Gasteiger partial charge in [0.25, 0.3) is 0 Å². The maximum absolute atomic E-state index is 12.9. The SMILES string of the molecule is C/C=C/C=C/C=C(C)\C=C(F)\C=C/I. The van der Waals surface area contributed by atoms with E-state index in [0.717, 1.165) is 5.57 Å². The summed E-state index contributed by atoms with van der Waals surface area (Å²) in [5.41, 5.74) is 0.887. The molecule has 0 bridgehead atoms. The third kappa shape index (κ3) is 7.98. The molecule has 2 heteroatoms. The van der Waals surface area contributed by atoms with Crippen molar-refractivity contribution in [1.82, 2.24) is 0 Å². The number of hydrogen-bond acceptors (Lipinski definition) is 0. The normalized spacial score (nSPS) is 15.1. The molecule has 0 aromatic carbocycles. The molecule has 14 heavy (non-hydrogen) atoms. The van der Waals surface area contributed by atoms with Crippen LogP contribution in [0.4, 0.5) is 4.39 Å². The summed E-state index contributed by atoms with van der Waals surface area (Å²) in [7, 11) is 0. The van der Waals surface area contributed by atoms with Crippen molar-refractivity contribution in [2.75, 3.05) is 0 Å². The van der Waals surface area contributed by atoms with Crippen LogP contribution in [-0.2, 0) is 0 Å². The summed E-state index contributed by atoms with van der Waals surface area (Å²) in [6, 6.07) is 0. The molecule has 0 fully saturated rings. The lowest BCUT2D eigenvalue weighted by molar-refractivity contribution is 0.666. The van der Waals surface area contributed by atoms with Gasteiger partial charge in [0.15, 0.2) is 0 Å². The van der Waals surface area contributed by atoms with Crippen molar-refractivity contribution in [3.05, 3.63) is 58.0 Å². The summed E-state index contributed by atoms with van der Waals surface area (Å²) < 4.78 is 14.6. The Hall–Kier alpha value is -0.640. The molecule has 76 valence electrons. The Balaban J connectivity index is 4.32. The summed E-state index contributed by atoms with van der Waals surface area (Å²) in [4.78, 5) is 0. The smallest absolute Gasteiger partial charge is 0.123 e. The average molecular weight is 304 g/mol. The number of hydrogen-bond donors (Lipinski definition) is 0. The van der Waals surface area contributed by atoms with Gasteiger partial charge in [0.1, 0.15) is 5.83 Å². The molecule has 0 nitrogen and oxygen atoms in total. The van der Waals surface area contributed by atoms with Gasteiger partial charge >= 0.3 is 0 Å². The molecule has 0 aliphatic rings. The molecule has 0 heterocycles. The van der Waals surface area contributed by atoms with Crippen LogP contribution in [0.1, 0.15) is 13.8 Å². The predicted molar refractivity (Wildman–Crippen MR) is 70.1 cm³/mol. The molecular formula is C12H14FI. The second kappa shape index (κ2) is 8.94. The van der Waals surface area contributed by atoms with Gasteiger partial charge in [-0.05, 0) is 35.7 Å². The van der Waals surface area contributed by atoms with Crippen LogP contribution in [0.2, 0.25) is 0 Å². The molecule has 0 spiro atoms. The average Bonchev–Trinajstić information content (AvgIpc) is 2.13. The first-order valence-corrected chi connectivity index (χ1v) is 5.55. The largest absolute Gasteiger partial charge is 0.207 e. The minimum atomic E-state index is -0.229. The minimum absolute atomic E-state index is 0.229. The van der Waals surface area contributed by atoms with Crippen molar-refractivity contribution in [1.29, 1.82) is 0 Å². The molecule has 0 amide bonds. The Morgan fingerprint density at radius 1 is 1.21 bits per heavy atom. The minimum Gasteiger partial charge on any atom is -0.207 e. The highest BCUT2D eigenvalue weighted by molar-refractivity contribution is 14.1. The monoisotopic (exact) mass is 304 g/mol. The van der Waals surface area contributed by atoms with E-state index in [-0.39, 0.29) is 5.83 Å². The van der Waals surface area contributed by atoms with Gasteiger partial charge in [-0.3, -0.25) is 0 Å². The predicted octanol–water partition coefficient (Wildman–Crippen LogP) is 4.87. The lowest BCUT2D eigenvalue weighted by Gasteiger charge is -1.88. The summed E-state index contributed by atoms with van der Waals surface area (Å²) in [6.45, 7) is 3.81. The van der Waals surface area contributed by atoms with E-state index in [2.05, 4.69) is 0 Å². The van der Waals surface area contributed by atoms with Crippen LogP contribution in [0.3, 0.4) is 0 Å². The summed E-state index contributed by atoms with van der Waals surface area (Å²) in [6.07, 6.45) is 12.4. The Kier molecular flexibility index (Phi) is 8.53. The fraction of sp³-hybridized carbons (Fsp3) is 0.167. The van der Waals surface area contributed by atoms with Crippen LogP contribution >= 0.6 is 22.6 Å². The molecular weight excluding hydrogens is 290 g/mol. The number of allylic oxidation sites excluding steroid dienone is 9. The standard InChI is InChI=1S/C12H14FI/c1-3-4-5-6-7-11(2)10-12(13)8-9-14/h3-10H,1-2H3/b4-3+,6-5+,9-8-,11-7-,12-10-. The van der Waals surface area contributed by atoms with Crippen molar-refractivity contribution in [3.63, 3.8) is 0 Å². The molecule has 0 saturated heterocycles. The fourth-order valence-electron chi connectivity index (χ4n) is 0.756. The van der Waals surface area contributed by atoms with E-state index >= 15 is 0 Å². The van der Waals surface area contributed by atoms with Crippen LogP contribution < -0.4 is 0 Å². The Morgan fingerprint density at radius 3 is 2.50 bits per heavy atom. The van der Waals surface area contributed by atoms with Gasteiger partial charge in [0, 0.05) is 0 Å². The van der Waals surface area contributed by atoms with Crippen LogP contribution in [0, 0.1) is 0 Å². The Morgan fingerprint density at radius 2 is 1.93 bits per heavy atom. The molecule has 0 rings (SSSR count). The fourth-order valence-corrected chi connectivity index (χ4v) is 1.10. The highest BCUT2D eigenvalue weighted by atomic mass is 127. The quantitative estimate of drug-likeness (QED) is 0.513. The van der Waals surface area contributed by atoms with Gasteiger partial charge in [-0.1, -0.05) is 53.0 Å². The van der Waals surface area contributed by atoms with Crippen molar-refractivity contribution in [2.24, 2.45) is 0 Å².